The quantitative estimate of drug-likeness (QED) is 0.703. The van der Waals surface area contributed by atoms with E-state index in [1.54, 1.807) is 0 Å². The lowest BCUT2D eigenvalue weighted by Crippen LogP contribution is -2.51. The van der Waals surface area contributed by atoms with Crippen molar-refractivity contribution in [2.24, 2.45) is 13.0 Å². The Kier molecular flexibility index (Phi) is 4.92. The smallest absolute Gasteiger partial charge is 0.407 e. The Morgan fingerprint density at radius 2 is 2.03 bits per heavy atom. The van der Waals surface area contributed by atoms with Crippen LogP contribution in [0.25, 0.3) is 0 Å². The van der Waals surface area contributed by atoms with E-state index in [0.717, 1.165) is 55.0 Å². The van der Waals surface area contributed by atoms with Crippen LogP contribution in [0.3, 0.4) is 0 Å². The van der Waals surface area contributed by atoms with Crippen molar-refractivity contribution in [2.45, 2.75) is 43.9 Å². The molecule has 1 aromatic carbocycles. The highest BCUT2D eigenvalue weighted by atomic mass is 35.5. The van der Waals surface area contributed by atoms with E-state index < -0.39 is 0 Å². The van der Waals surface area contributed by atoms with Gasteiger partial charge in [-0.15, -0.1) is 0 Å². The number of halogens is 1. The minimum absolute atomic E-state index is 0.0668. The van der Waals surface area contributed by atoms with Crippen LogP contribution in [0.2, 0.25) is 5.02 Å². The van der Waals surface area contributed by atoms with Gasteiger partial charge in [-0.2, -0.15) is 5.10 Å². The van der Waals surface area contributed by atoms with Crippen molar-refractivity contribution in [1.29, 1.82) is 0 Å². The van der Waals surface area contributed by atoms with Gasteiger partial charge in [0.15, 0.2) is 0 Å². The van der Waals surface area contributed by atoms with Gasteiger partial charge in [0.2, 0.25) is 0 Å². The van der Waals surface area contributed by atoms with Crippen molar-refractivity contribution >= 4 is 23.6 Å². The molecule has 1 aliphatic carbocycles. The largest absolute Gasteiger partial charge is 0.441 e. The normalized spacial score (nSPS) is 28.5. The number of ether oxygens (including phenoxy) is 1. The molecule has 1 atom stereocenters. The summed E-state index contributed by atoms with van der Waals surface area (Å²) in [6.45, 7) is 4.16. The molecule has 1 saturated carbocycles. The minimum atomic E-state index is -0.385. The van der Waals surface area contributed by atoms with Crippen molar-refractivity contribution < 1.29 is 14.3 Å². The van der Waals surface area contributed by atoms with Gasteiger partial charge in [-0.1, -0.05) is 29.8 Å². The number of carbonyl (C=O) groups excluding carboxylic acids is 2. The molecule has 1 spiro atoms. The molecule has 2 saturated heterocycles. The van der Waals surface area contributed by atoms with Crippen LogP contribution in [0, 0.1) is 5.92 Å². The highest BCUT2D eigenvalue weighted by molar-refractivity contribution is 6.31. The average Bonchev–Trinajstić information content (AvgIpc) is 3.34. The molecule has 33 heavy (non-hydrogen) atoms. The number of benzene rings is 1. The van der Waals surface area contributed by atoms with Gasteiger partial charge in [0.1, 0.15) is 5.60 Å². The average molecular weight is 470 g/mol. The van der Waals surface area contributed by atoms with Crippen LogP contribution in [0.1, 0.15) is 52.6 Å². The summed E-state index contributed by atoms with van der Waals surface area (Å²) in [5.74, 6) is 0.375. The van der Waals surface area contributed by atoms with Crippen molar-refractivity contribution in [3.8, 4) is 0 Å². The Labute approximate surface area is 197 Å². The van der Waals surface area contributed by atoms with E-state index >= 15 is 0 Å². The number of nitrogens with zero attached hydrogens (tertiary/aromatic N) is 4. The second-order valence-electron chi connectivity index (χ2n) is 9.93. The number of carbonyl (C=O) groups is 2. The lowest BCUT2D eigenvalue weighted by atomic mass is 9.70. The molecule has 174 valence electrons. The molecular formula is C24H28ClN5O3. The maximum Gasteiger partial charge on any atom is 0.407 e. The Morgan fingerprint density at radius 1 is 1.24 bits per heavy atom. The number of rotatable bonds is 6. The number of hydrogen-bond donors (Lipinski definition) is 1. The first-order valence-electron chi connectivity index (χ1n) is 11.7. The van der Waals surface area contributed by atoms with Gasteiger partial charge in [-0.25, -0.2) is 4.79 Å². The van der Waals surface area contributed by atoms with Gasteiger partial charge in [-0.05, 0) is 49.9 Å². The lowest BCUT2D eigenvalue weighted by molar-refractivity contribution is -0.0555. The Bertz CT molecular complexity index is 1120. The highest BCUT2D eigenvalue weighted by Gasteiger charge is 2.52. The molecule has 6 rings (SSSR count). The number of nitrogens with one attached hydrogen (secondary N) is 1. The number of fused-ring (bicyclic) bond motifs is 1. The molecule has 4 aliphatic rings. The number of alkyl carbamates (subject to hydrolysis) is 1. The first-order chi connectivity index (χ1) is 15.9. The molecule has 4 heterocycles. The zero-order valence-corrected chi connectivity index (χ0v) is 19.5. The molecule has 2 aromatic rings. The maximum absolute atomic E-state index is 13.4. The van der Waals surface area contributed by atoms with E-state index in [4.69, 9.17) is 21.4 Å². The van der Waals surface area contributed by atoms with Crippen LogP contribution in [-0.4, -0.2) is 63.4 Å². The Hall–Kier alpha value is -2.58. The van der Waals surface area contributed by atoms with E-state index in [9.17, 15) is 9.59 Å². The highest BCUT2D eigenvalue weighted by Crippen LogP contribution is 2.46. The van der Waals surface area contributed by atoms with Crippen molar-refractivity contribution in [3.63, 3.8) is 0 Å². The standard InChI is InChI=1S/C24H28ClN5O3/c1-28-20(21(25)18(27-28)13-29-7-4-8-29)9-19-16-5-2-3-6-17(16)22(31)30(19)12-15-10-24(11-15)14-26-23(32)33-24/h2-3,5-6,15,19H,4,7-14H2,1H3,(H,26,32). The molecule has 0 radical (unpaired) electrons. The molecule has 3 aliphatic heterocycles. The second-order valence-corrected chi connectivity index (χ2v) is 10.3. The summed E-state index contributed by atoms with van der Waals surface area (Å²) >= 11 is 6.82. The van der Waals surface area contributed by atoms with Crippen LogP contribution in [0.4, 0.5) is 4.79 Å². The topological polar surface area (TPSA) is 79.7 Å². The summed E-state index contributed by atoms with van der Waals surface area (Å²) in [7, 11) is 1.94. The van der Waals surface area contributed by atoms with Crippen molar-refractivity contribution in [3.05, 3.63) is 51.8 Å². The summed E-state index contributed by atoms with van der Waals surface area (Å²) < 4.78 is 7.36. The molecule has 1 unspecified atom stereocenters. The molecule has 1 aromatic heterocycles. The Morgan fingerprint density at radius 3 is 2.73 bits per heavy atom. The fourth-order valence-electron chi connectivity index (χ4n) is 5.86. The predicted octanol–water partition coefficient (Wildman–Crippen LogP) is 2.91. The van der Waals surface area contributed by atoms with Crippen LogP contribution >= 0.6 is 11.6 Å². The minimum Gasteiger partial charge on any atom is -0.441 e. The summed E-state index contributed by atoms with van der Waals surface area (Å²) in [4.78, 5) is 29.2. The lowest BCUT2D eigenvalue weighted by Gasteiger charge is -2.44. The predicted molar refractivity (Wildman–Crippen MR) is 122 cm³/mol. The number of aromatic nitrogens is 2. The number of hydrogen-bond acceptors (Lipinski definition) is 5. The molecular weight excluding hydrogens is 442 g/mol. The molecule has 2 amide bonds. The third-order valence-corrected chi connectivity index (χ3v) is 8.14. The van der Waals surface area contributed by atoms with Crippen LogP contribution in [0.5, 0.6) is 0 Å². The number of amides is 2. The van der Waals surface area contributed by atoms with Crippen molar-refractivity contribution in [1.82, 2.24) is 24.9 Å². The Balaban J connectivity index is 1.23. The van der Waals surface area contributed by atoms with Gasteiger partial charge in [0.25, 0.3) is 5.91 Å². The second kappa shape index (κ2) is 7.74. The molecule has 0 bridgehead atoms. The fraction of sp³-hybridized carbons (Fsp3) is 0.542. The summed E-state index contributed by atoms with van der Waals surface area (Å²) in [6.07, 6.45) is 3.08. The molecule has 1 N–H and O–H groups in total. The van der Waals surface area contributed by atoms with Gasteiger partial charge in [0, 0.05) is 32.1 Å². The van der Waals surface area contributed by atoms with Crippen LogP contribution in [-0.2, 0) is 24.8 Å². The first kappa shape index (κ1) is 21.0. The van der Waals surface area contributed by atoms with Gasteiger partial charge in [0.05, 0.1) is 29.0 Å². The van der Waals surface area contributed by atoms with E-state index in [0.29, 0.717) is 30.5 Å². The van der Waals surface area contributed by atoms with Gasteiger partial charge < -0.3 is 15.0 Å². The fourth-order valence-corrected chi connectivity index (χ4v) is 6.15. The number of aryl methyl sites for hydroxylation is 1. The zero-order valence-electron chi connectivity index (χ0n) is 18.7. The van der Waals surface area contributed by atoms with Gasteiger partial charge >= 0.3 is 6.09 Å². The van der Waals surface area contributed by atoms with Gasteiger partial charge in [-0.3, -0.25) is 14.4 Å². The SMILES string of the molecule is Cn1nc(CN2CCC2)c(Cl)c1CC1c2ccccc2C(=O)N1CC1CC2(CNC(=O)O2)C1. The maximum atomic E-state index is 13.4. The third kappa shape index (κ3) is 3.51. The van der Waals surface area contributed by atoms with E-state index in [1.165, 1.54) is 6.42 Å². The first-order valence-corrected chi connectivity index (χ1v) is 12.1. The zero-order chi connectivity index (χ0) is 22.7. The van der Waals surface area contributed by atoms with E-state index in [2.05, 4.69) is 10.2 Å². The van der Waals surface area contributed by atoms with Crippen LogP contribution in [0.15, 0.2) is 24.3 Å². The monoisotopic (exact) mass is 469 g/mol. The van der Waals surface area contributed by atoms with Crippen molar-refractivity contribution in [2.75, 3.05) is 26.2 Å². The van der Waals surface area contributed by atoms with E-state index in [1.807, 2.05) is 40.9 Å². The number of likely N-dealkylation sites (tertiary alicyclic amines) is 1. The molecule has 3 fully saturated rings. The third-order valence-electron chi connectivity index (χ3n) is 7.70. The molecule has 8 nitrogen and oxygen atoms in total. The molecule has 9 heteroatoms. The van der Waals surface area contributed by atoms with Crippen LogP contribution < -0.4 is 5.32 Å². The van der Waals surface area contributed by atoms with E-state index in [-0.39, 0.29) is 23.6 Å². The summed E-state index contributed by atoms with van der Waals surface area (Å²) in [5.41, 5.74) is 3.31. The summed E-state index contributed by atoms with van der Waals surface area (Å²) in [5, 5.41) is 8.18. The summed E-state index contributed by atoms with van der Waals surface area (Å²) in [6, 6.07) is 7.79.